The molecule has 1 N–H and O–H groups in total. The number of fused-ring (bicyclic) bond motifs is 7. The van der Waals surface area contributed by atoms with Gasteiger partial charge in [0.2, 0.25) is 0 Å². The molecule has 0 aliphatic heterocycles. The summed E-state index contributed by atoms with van der Waals surface area (Å²) in [6.07, 6.45) is 13.7. The van der Waals surface area contributed by atoms with E-state index in [0.717, 1.165) is 36.0 Å². The van der Waals surface area contributed by atoms with Crippen molar-refractivity contribution in [3.05, 3.63) is 0 Å². The highest BCUT2D eigenvalue weighted by Crippen LogP contribution is 2.76. The second kappa shape index (κ2) is 6.76. The average Bonchev–Trinajstić information content (AvgIpc) is 2.69. The van der Waals surface area contributed by atoms with E-state index in [9.17, 15) is 5.11 Å². The van der Waals surface area contributed by atoms with Crippen molar-refractivity contribution in [3.63, 3.8) is 0 Å². The molecule has 0 aromatic heterocycles. The first kappa shape index (κ1) is 22.7. The number of hydrogen-bond acceptors (Lipinski definition) is 1. The van der Waals surface area contributed by atoms with Gasteiger partial charge in [0.15, 0.2) is 0 Å². The predicted molar refractivity (Wildman–Crippen MR) is 131 cm³/mol. The van der Waals surface area contributed by atoms with E-state index in [2.05, 4.69) is 55.4 Å². The van der Waals surface area contributed by atoms with Gasteiger partial charge < -0.3 is 5.11 Å². The third-order valence-electron chi connectivity index (χ3n) is 14.0. The van der Waals surface area contributed by atoms with E-state index < -0.39 is 0 Å². The number of aliphatic hydroxyl groups is 1. The molecule has 5 saturated carbocycles. The first-order chi connectivity index (χ1) is 14.3. The molecule has 0 heterocycles. The minimum Gasteiger partial charge on any atom is -0.393 e. The smallest absolute Gasteiger partial charge is 0.0594 e. The molecule has 0 radical (unpaired) electrons. The van der Waals surface area contributed by atoms with Crippen LogP contribution in [0.2, 0.25) is 0 Å². The van der Waals surface area contributed by atoms with Crippen LogP contribution in [0.4, 0.5) is 0 Å². The normalized spacial score (nSPS) is 60.9. The zero-order chi connectivity index (χ0) is 22.6. The average molecular weight is 429 g/mol. The van der Waals surface area contributed by atoms with Crippen molar-refractivity contribution < 1.29 is 5.11 Å². The number of rotatable bonds is 0. The zero-order valence-electron chi connectivity index (χ0n) is 22.1. The van der Waals surface area contributed by atoms with Gasteiger partial charge in [-0.15, -0.1) is 0 Å². The summed E-state index contributed by atoms with van der Waals surface area (Å²) < 4.78 is 0. The van der Waals surface area contributed by atoms with Crippen LogP contribution in [0.1, 0.15) is 120 Å². The minimum absolute atomic E-state index is 0.0739. The second-order valence-corrected chi connectivity index (χ2v) is 15.1. The van der Waals surface area contributed by atoms with E-state index >= 15 is 0 Å². The maximum atomic E-state index is 10.9. The highest BCUT2D eigenvalue weighted by molar-refractivity contribution is 5.18. The van der Waals surface area contributed by atoms with Gasteiger partial charge in [0, 0.05) is 0 Å². The molecule has 11 atom stereocenters. The molecular formula is C30H52O. The summed E-state index contributed by atoms with van der Waals surface area (Å²) in [5, 5.41) is 10.9. The van der Waals surface area contributed by atoms with Crippen LogP contribution in [-0.2, 0) is 0 Å². The molecule has 0 unspecified atom stereocenters. The van der Waals surface area contributed by atoms with Gasteiger partial charge in [0.1, 0.15) is 0 Å². The summed E-state index contributed by atoms with van der Waals surface area (Å²) in [5.41, 5.74) is 2.05. The predicted octanol–water partition coefficient (Wildman–Crippen LogP) is 8.10. The molecule has 0 spiro atoms. The largest absolute Gasteiger partial charge is 0.393 e. The Bertz CT molecular complexity index is 726. The van der Waals surface area contributed by atoms with Crippen molar-refractivity contribution in [1.82, 2.24) is 0 Å². The quantitative estimate of drug-likeness (QED) is 0.413. The van der Waals surface area contributed by atoms with E-state index in [1.807, 2.05) is 0 Å². The minimum atomic E-state index is -0.109. The molecule has 5 aliphatic carbocycles. The molecule has 178 valence electrons. The topological polar surface area (TPSA) is 20.2 Å². The lowest BCUT2D eigenvalue weighted by Crippen LogP contribution is -2.67. The summed E-state index contributed by atoms with van der Waals surface area (Å²) in [7, 11) is 0. The van der Waals surface area contributed by atoms with Crippen LogP contribution < -0.4 is 0 Å². The van der Waals surface area contributed by atoms with Crippen LogP contribution in [-0.4, -0.2) is 11.2 Å². The highest BCUT2D eigenvalue weighted by Gasteiger charge is 2.69. The van der Waals surface area contributed by atoms with Gasteiger partial charge in [-0.25, -0.2) is 0 Å². The summed E-state index contributed by atoms with van der Waals surface area (Å²) in [6.45, 7) is 20.8. The third-order valence-corrected chi connectivity index (χ3v) is 14.0. The van der Waals surface area contributed by atoms with Gasteiger partial charge >= 0.3 is 0 Å². The number of hydrogen-bond donors (Lipinski definition) is 1. The molecular weight excluding hydrogens is 376 g/mol. The van der Waals surface area contributed by atoms with Gasteiger partial charge in [-0.3, -0.25) is 0 Å². The van der Waals surface area contributed by atoms with E-state index in [1.165, 1.54) is 57.8 Å². The molecule has 5 fully saturated rings. The van der Waals surface area contributed by atoms with Crippen molar-refractivity contribution in [1.29, 1.82) is 0 Å². The maximum Gasteiger partial charge on any atom is 0.0594 e. The van der Waals surface area contributed by atoms with Crippen LogP contribution in [0.5, 0.6) is 0 Å². The van der Waals surface area contributed by atoms with Crippen LogP contribution in [0.15, 0.2) is 0 Å². The Morgan fingerprint density at radius 2 is 1.35 bits per heavy atom. The molecule has 1 nitrogen and oxygen atoms in total. The molecule has 0 saturated heterocycles. The zero-order valence-corrected chi connectivity index (χ0v) is 22.1. The molecule has 31 heavy (non-hydrogen) atoms. The Balaban J connectivity index is 1.54. The van der Waals surface area contributed by atoms with Crippen LogP contribution in [0.25, 0.3) is 0 Å². The SMILES string of the molecule is C[C@@H]1[C@@H]2[C@H]3CC[C@@H]4[C@@]5(C)CC[C@H](O)C(C)(C)[C@@H]5CC[C@@]4(C)[C@@]3(C)CC[C@]2(C)CC[C@H]1C. The van der Waals surface area contributed by atoms with Crippen LogP contribution in [0, 0.1) is 62.6 Å². The molecule has 0 bridgehead atoms. The fourth-order valence-electron chi connectivity index (χ4n) is 11.7. The highest BCUT2D eigenvalue weighted by atomic mass is 16.3. The van der Waals surface area contributed by atoms with Gasteiger partial charge in [0.25, 0.3) is 0 Å². The van der Waals surface area contributed by atoms with E-state index in [0.29, 0.717) is 27.6 Å². The Labute approximate surface area is 193 Å². The maximum absolute atomic E-state index is 10.9. The Morgan fingerprint density at radius 1 is 0.645 bits per heavy atom. The fourth-order valence-corrected chi connectivity index (χ4v) is 11.7. The van der Waals surface area contributed by atoms with Crippen LogP contribution in [0.3, 0.4) is 0 Å². The Kier molecular flexibility index (Phi) is 4.96. The third kappa shape index (κ3) is 2.71. The van der Waals surface area contributed by atoms with Crippen molar-refractivity contribution in [3.8, 4) is 0 Å². The van der Waals surface area contributed by atoms with Crippen molar-refractivity contribution in [2.24, 2.45) is 62.6 Å². The molecule has 1 heteroatoms. The fraction of sp³-hybridized carbons (Fsp3) is 1.00. The molecule has 0 aromatic rings. The lowest BCUT2D eigenvalue weighted by Gasteiger charge is -2.74. The van der Waals surface area contributed by atoms with Crippen molar-refractivity contribution >= 4 is 0 Å². The van der Waals surface area contributed by atoms with Crippen LogP contribution >= 0.6 is 0 Å². The summed E-state index contributed by atoms with van der Waals surface area (Å²) in [5.74, 6) is 5.17. The van der Waals surface area contributed by atoms with Gasteiger partial charge in [-0.05, 0) is 127 Å². The van der Waals surface area contributed by atoms with Crippen molar-refractivity contribution in [2.75, 3.05) is 0 Å². The Morgan fingerprint density at radius 3 is 2.06 bits per heavy atom. The summed E-state index contributed by atoms with van der Waals surface area (Å²) >= 11 is 0. The molecule has 0 aromatic carbocycles. The standard InChI is InChI=1S/C30H52O/c1-19-11-14-27(5)17-18-29(7)21(25(27)20(19)2)9-10-23-28(6)15-13-24(31)26(3,4)22(28)12-16-30(23,29)8/h19-25,31H,9-18H2,1-8H3/t19-,20+,21-,22+,23-,24+,25-,27+,28+,29+,30-/m1/s1. The second-order valence-electron chi connectivity index (χ2n) is 15.1. The first-order valence-corrected chi connectivity index (χ1v) is 14.0. The van der Waals surface area contributed by atoms with Gasteiger partial charge in [-0.2, -0.15) is 0 Å². The molecule has 5 rings (SSSR count). The van der Waals surface area contributed by atoms with E-state index in [1.54, 1.807) is 0 Å². The van der Waals surface area contributed by atoms with E-state index in [4.69, 9.17) is 0 Å². The first-order valence-electron chi connectivity index (χ1n) is 14.0. The van der Waals surface area contributed by atoms with Gasteiger partial charge in [0.05, 0.1) is 6.10 Å². The monoisotopic (exact) mass is 428 g/mol. The lowest BCUT2D eigenvalue weighted by molar-refractivity contribution is -0.256. The number of aliphatic hydroxyl groups excluding tert-OH is 1. The summed E-state index contributed by atoms with van der Waals surface area (Å²) in [6, 6.07) is 0. The van der Waals surface area contributed by atoms with Gasteiger partial charge in [-0.1, -0.05) is 55.4 Å². The molecule has 5 aliphatic rings. The summed E-state index contributed by atoms with van der Waals surface area (Å²) in [4.78, 5) is 0. The lowest BCUT2D eigenvalue weighted by atomic mass is 9.31. The molecule has 0 amide bonds. The Hall–Kier alpha value is -0.0400. The van der Waals surface area contributed by atoms with Crippen molar-refractivity contribution in [2.45, 2.75) is 126 Å². The van der Waals surface area contributed by atoms with E-state index in [-0.39, 0.29) is 11.5 Å².